The van der Waals surface area contributed by atoms with Gasteiger partial charge in [-0.1, -0.05) is 41.7 Å². The Hall–Kier alpha value is -2.98. The molecule has 4 heteroatoms. The summed E-state index contributed by atoms with van der Waals surface area (Å²) in [6, 6.07) is 13.9. The monoisotopic (exact) mass is 360 g/mol. The molecule has 0 saturated carbocycles. The minimum absolute atomic E-state index is 0.0115. The van der Waals surface area contributed by atoms with Gasteiger partial charge in [0.1, 0.15) is 16.5 Å². The van der Waals surface area contributed by atoms with E-state index in [1.54, 1.807) is 11.3 Å². The molecule has 3 nitrogen and oxygen atoms in total. The number of allylic oxidation sites excluding steroid dienone is 1. The maximum Gasteiger partial charge on any atom is 0.263 e. The number of rotatable bonds is 4. The SMILES string of the molecule is C=CC[n+]1c(C=Cc2coc3ccc(C)cc3c2=O)sc2ccccc21. The number of thiazole rings is 1. The van der Waals surface area contributed by atoms with Crippen molar-refractivity contribution < 1.29 is 8.98 Å². The molecule has 0 aliphatic heterocycles. The van der Waals surface area contributed by atoms with Gasteiger partial charge in [-0.3, -0.25) is 4.79 Å². The van der Waals surface area contributed by atoms with Gasteiger partial charge in [0.2, 0.25) is 5.52 Å². The molecule has 128 valence electrons. The summed E-state index contributed by atoms with van der Waals surface area (Å²) in [4.78, 5) is 12.8. The van der Waals surface area contributed by atoms with Crippen LogP contribution in [0, 0.1) is 6.92 Å². The summed E-state index contributed by atoms with van der Waals surface area (Å²) in [5.74, 6) is 0. The highest BCUT2D eigenvalue weighted by atomic mass is 32.1. The average Bonchev–Trinajstić information content (AvgIpc) is 3.00. The summed E-state index contributed by atoms with van der Waals surface area (Å²) in [7, 11) is 0. The van der Waals surface area contributed by atoms with E-state index in [4.69, 9.17) is 4.42 Å². The number of nitrogens with zero attached hydrogens (tertiary/aromatic N) is 1. The van der Waals surface area contributed by atoms with E-state index in [-0.39, 0.29) is 5.43 Å². The van der Waals surface area contributed by atoms with Crippen LogP contribution in [-0.4, -0.2) is 0 Å². The molecule has 2 aromatic heterocycles. The largest absolute Gasteiger partial charge is 0.463 e. The van der Waals surface area contributed by atoms with Gasteiger partial charge in [-0.2, -0.15) is 4.57 Å². The van der Waals surface area contributed by atoms with Gasteiger partial charge in [-0.15, -0.1) is 0 Å². The second-order valence-corrected chi connectivity index (χ2v) is 7.22. The maximum atomic E-state index is 12.8. The molecule has 2 aromatic carbocycles. The van der Waals surface area contributed by atoms with Gasteiger partial charge in [0.15, 0.2) is 12.0 Å². The lowest BCUT2D eigenvalue weighted by Gasteiger charge is -1.99. The molecule has 0 N–H and O–H groups in total. The molecule has 0 atom stereocenters. The number of hydrogen-bond acceptors (Lipinski definition) is 3. The van der Waals surface area contributed by atoms with Gasteiger partial charge in [0, 0.05) is 12.1 Å². The minimum atomic E-state index is -0.0115. The van der Waals surface area contributed by atoms with Crippen LogP contribution in [0.4, 0.5) is 0 Å². The third-order valence-corrected chi connectivity index (χ3v) is 5.44. The van der Waals surface area contributed by atoms with Crippen LogP contribution < -0.4 is 10.00 Å². The van der Waals surface area contributed by atoms with Crippen molar-refractivity contribution in [1.29, 1.82) is 0 Å². The van der Waals surface area contributed by atoms with Gasteiger partial charge < -0.3 is 4.42 Å². The quantitative estimate of drug-likeness (QED) is 0.381. The number of aryl methyl sites for hydroxylation is 1. The summed E-state index contributed by atoms with van der Waals surface area (Å²) >= 11 is 1.69. The van der Waals surface area contributed by atoms with E-state index in [0.29, 0.717) is 16.5 Å². The summed E-state index contributed by atoms with van der Waals surface area (Å²) in [6.45, 7) is 6.54. The zero-order valence-corrected chi connectivity index (χ0v) is 15.3. The molecule has 0 aliphatic rings. The fraction of sp³-hybridized carbons (Fsp3) is 0.0909. The van der Waals surface area contributed by atoms with Crippen molar-refractivity contribution in [2.75, 3.05) is 0 Å². The molecule has 4 rings (SSSR count). The van der Waals surface area contributed by atoms with E-state index < -0.39 is 0 Å². The number of hydrogen-bond donors (Lipinski definition) is 0. The normalized spacial score (nSPS) is 11.6. The van der Waals surface area contributed by atoms with Gasteiger partial charge >= 0.3 is 0 Å². The van der Waals surface area contributed by atoms with Crippen LogP contribution in [0.25, 0.3) is 33.3 Å². The lowest BCUT2D eigenvalue weighted by Crippen LogP contribution is -2.33. The molecule has 0 aliphatic carbocycles. The Bertz CT molecular complexity index is 1210. The molecule has 0 fully saturated rings. The van der Waals surface area contributed by atoms with Crippen LogP contribution in [0.5, 0.6) is 0 Å². The van der Waals surface area contributed by atoms with Crippen LogP contribution in [-0.2, 0) is 6.54 Å². The first kappa shape index (κ1) is 16.5. The first-order valence-electron chi connectivity index (χ1n) is 8.40. The fourth-order valence-electron chi connectivity index (χ4n) is 3.03. The van der Waals surface area contributed by atoms with Crippen molar-refractivity contribution in [1.82, 2.24) is 0 Å². The molecule has 0 bridgehead atoms. The lowest BCUT2D eigenvalue weighted by molar-refractivity contribution is -0.658. The Kier molecular flexibility index (Phi) is 4.27. The van der Waals surface area contributed by atoms with Gasteiger partial charge in [0.05, 0.1) is 10.9 Å². The van der Waals surface area contributed by atoms with Crippen molar-refractivity contribution in [2.24, 2.45) is 0 Å². The predicted molar refractivity (Wildman–Crippen MR) is 108 cm³/mol. The van der Waals surface area contributed by atoms with Crippen LogP contribution in [0.2, 0.25) is 0 Å². The summed E-state index contributed by atoms with van der Waals surface area (Å²) in [5, 5.41) is 1.68. The Morgan fingerprint density at radius 3 is 2.88 bits per heavy atom. The number of fused-ring (bicyclic) bond motifs is 2. The predicted octanol–water partition coefficient (Wildman–Crippen LogP) is 4.96. The Labute approximate surface area is 155 Å². The molecule has 26 heavy (non-hydrogen) atoms. The molecule has 0 unspecified atom stereocenters. The van der Waals surface area contributed by atoms with Crippen LogP contribution in [0.1, 0.15) is 16.1 Å². The molecule has 2 heterocycles. The standard InChI is InChI=1S/C22H18NO2S/c1-3-12-23-18-6-4-5-7-20(18)26-21(23)11-9-16-14-25-19-10-8-15(2)13-17(19)22(16)24/h3-11,13-14H,1,12H2,2H3/q+1. The van der Waals surface area contributed by atoms with E-state index in [0.717, 1.165) is 17.1 Å². The van der Waals surface area contributed by atoms with E-state index in [1.807, 2.05) is 55.5 Å². The van der Waals surface area contributed by atoms with Gasteiger partial charge in [-0.05, 0) is 37.3 Å². The molecular formula is C22H18NO2S+. The first-order valence-corrected chi connectivity index (χ1v) is 9.21. The first-order chi connectivity index (χ1) is 12.7. The van der Waals surface area contributed by atoms with E-state index in [9.17, 15) is 4.79 Å². The average molecular weight is 360 g/mol. The molecule has 0 spiro atoms. The van der Waals surface area contributed by atoms with Crippen LogP contribution in [0.3, 0.4) is 0 Å². The number of aromatic nitrogens is 1. The minimum Gasteiger partial charge on any atom is -0.463 e. The molecule has 0 radical (unpaired) electrons. The number of benzene rings is 2. The van der Waals surface area contributed by atoms with Crippen molar-refractivity contribution >= 4 is 44.7 Å². The van der Waals surface area contributed by atoms with Crippen LogP contribution >= 0.6 is 11.3 Å². The summed E-state index contributed by atoms with van der Waals surface area (Å²) < 4.78 is 9.03. The van der Waals surface area contributed by atoms with Crippen molar-refractivity contribution in [3.05, 3.63) is 87.7 Å². The highest BCUT2D eigenvalue weighted by molar-refractivity contribution is 7.18. The van der Waals surface area contributed by atoms with Crippen molar-refractivity contribution in [3.63, 3.8) is 0 Å². The highest BCUT2D eigenvalue weighted by Gasteiger charge is 2.16. The molecule has 0 saturated heterocycles. The second kappa shape index (κ2) is 6.73. The Balaban J connectivity index is 1.81. The maximum absolute atomic E-state index is 12.8. The molecular weight excluding hydrogens is 342 g/mol. The third kappa shape index (κ3) is 2.89. The van der Waals surface area contributed by atoms with Crippen LogP contribution in [0.15, 0.2) is 70.6 Å². The third-order valence-electron chi connectivity index (χ3n) is 4.31. The summed E-state index contributed by atoms with van der Waals surface area (Å²) in [6.07, 6.45) is 7.21. The second-order valence-electron chi connectivity index (χ2n) is 6.16. The lowest BCUT2D eigenvalue weighted by atomic mass is 10.1. The van der Waals surface area contributed by atoms with Crippen molar-refractivity contribution in [3.8, 4) is 0 Å². The summed E-state index contributed by atoms with van der Waals surface area (Å²) in [5.41, 5.74) is 3.35. The van der Waals surface area contributed by atoms with Gasteiger partial charge in [-0.25, -0.2) is 0 Å². The molecule has 4 aromatic rings. The Morgan fingerprint density at radius 1 is 1.19 bits per heavy atom. The zero-order valence-electron chi connectivity index (χ0n) is 14.4. The highest BCUT2D eigenvalue weighted by Crippen LogP contribution is 2.22. The zero-order chi connectivity index (χ0) is 18.1. The van der Waals surface area contributed by atoms with E-state index in [1.165, 1.54) is 16.5 Å². The Morgan fingerprint density at radius 2 is 2.04 bits per heavy atom. The van der Waals surface area contributed by atoms with E-state index >= 15 is 0 Å². The molecule has 0 amide bonds. The van der Waals surface area contributed by atoms with E-state index in [2.05, 4.69) is 23.3 Å². The smallest absolute Gasteiger partial charge is 0.263 e. The van der Waals surface area contributed by atoms with Crippen molar-refractivity contribution in [2.45, 2.75) is 13.5 Å². The topological polar surface area (TPSA) is 34.1 Å². The number of para-hydroxylation sites is 1. The van der Waals surface area contributed by atoms with Gasteiger partial charge in [0.25, 0.3) is 5.01 Å². The fourth-order valence-corrected chi connectivity index (χ4v) is 4.10.